The lowest BCUT2D eigenvalue weighted by Crippen LogP contribution is -2.00. The Kier molecular flexibility index (Phi) is 3.10. The first-order valence-electron chi connectivity index (χ1n) is 7.18. The average molecular weight is 321 g/mol. The monoisotopic (exact) mass is 320 g/mol. The van der Waals surface area contributed by atoms with Gasteiger partial charge in [0.1, 0.15) is 11.3 Å². The molecule has 0 atom stereocenters. The van der Waals surface area contributed by atoms with Crippen LogP contribution in [0.15, 0.2) is 65.1 Å². The van der Waals surface area contributed by atoms with Crippen molar-refractivity contribution in [1.29, 1.82) is 5.41 Å². The number of benzene rings is 3. The zero-order chi connectivity index (χ0) is 16.0. The maximum atomic E-state index is 7.83. The lowest BCUT2D eigenvalue weighted by molar-refractivity contribution is 0.619. The molecule has 3 nitrogen and oxygen atoms in total. The van der Waals surface area contributed by atoms with E-state index in [9.17, 15) is 0 Å². The molecule has 1 aliphatic heterocycles. The standard InChI is InChI=1S/C19H13ClN2O/c20-12-3-1-2-11(8-12)19-15-6-4-13(21)9-17(15)23-18-10-14(22)5-7-16(18)19/h1-10,21H,22H2. The van der Waals surface area contributed by atoms with Crippen molar-refractivity contribution < 1.29 is 4.42 Å². The van der Waals surface area contributed by atoms with E-state index in [0.717, 1.165) is 22.1 Å². The minimum absolute atomic E-state index is 0.404. The predicted octanol–water partition coefficient (Wildman–Crippen LogP) is 4.92. The topological polar surface area (TPSA) is 63.0 Å². The number of nitrogens with two attached hydrogens (primary N) is 1. The second-order valence-corrected chi connectivity index (χ2v) is 5.89. The van der Waals surface area contributed by atoms with Crippen LogP contribution >= 0.6 is 11.6 Å². The zero-order valence-corrected chi connectivity index (χ0v) is 12.9. The van der Waals surface area contributed by atoms with Gasteiger partial charge in [0.15, 0.2) is 0 Å². The normalized spacial score (nSPS) is 11.2. The lowest BCUT2D eigenvalue weighted by Gasteiger charge is -2.15. The van der Waals surface area contributed by atoms with Crippen molar-refractivity contribution in [2.24, 2.45) is 0 Å². The van der Waals surface area contributed by atoms with Crippen molar-refractivity contribution >= 4 is 28.3 Å². The molecule has 0 unspecified atom stereocenters. The molecule has 0 bridgehead atoms. The van der Waals surface area contributed by atoms with Crippen LogP contribution in [0.25, 0.3) is 33.4 Å². The van der Waals surface area contributed by atoms with E-state index in [4.69, 9.17) is 27.2 Å². The first-order valence-corrected chi connectivity index (χ1v) is 7.56. The minimum atomic E-state index is 0.404. The van der Waals surface area contributed by atoms with Gasteiger partial charge in [-0.25, -0.2) is 0 Å². The molecule has 0 spiro atoms. The second kappa shape index (κ2) is 5.14. The summed E-state index contributed by atoms with van der Waals surface area (Å²) in [7, 11) is 0. The average Bonchev–Trinajstić information content (AvgIpc) is 2.52. The van der Waals surface area contributed by atoms with E-state index in [2.05, 4.69) is 0 Å². The van der Waals surface area contributed by atoms with Gasteiger partial charge in [-0.05, 0) is 42.0 Å². The van der Waals surface area contributed by atoms with Crippen LogP contribution in [0.1, 0.15) is 0 Å². The molecule has 4 rings (SSSR count). The van der Waals surface area contributed by atoms with Crippen molar-refractivity contribution in [1.82, 2.24) is 0 Å². The molecule has 0 saturated heterocycles. The molecule has 2 aromatic carbocycles. The molecule has 2 aliphatic rings. The third-order valence-electron chi connectivity index (χ3n) is 3.86. The van der Waals surface area contributed by atoms with Crippen molar-refractivity contribution in [2.75, 3.05) is 5.73 Å². The summed E-state index contributed by atoms with van der Waals surface area (Å²) in [4.78, 5) is 0. The summed E-state index contributed by atoms with van der Waals surface area (Å²) in [5, 5.41) is 9.88. The van der Waals surface area contributed by atoms with E-state index in [1.165, 1.54) is 0 Å². The van der Waals surface area contributed by atoms with Gasteiger partial charge in [0, 0.05) is 39.4 Å². The summed E-state index contributed by atoms with van der Waals surface area (Å²) < 4.78 is 5.97. The van der Waals surface area contributed by atoms with Gasteiger partial charge in [-0.2, -0.15) is 0 Å². The number of fused-ring (bicyclic) bond motifs is 2. The molecular weight excluding hydrogens is 308 g/mol. The van der Waals surface area contributed by atoms with Gasteiger partial charge in [-0.1, -0.05) is 23.7 Å². The van der Waals surface area contributed by atoms with Crippen molar-refractivity contribution in [3.63, 3.8) is 0 Å². The van der Waals surface area contributed by atoms with Gasteiger partial charge >= 0.3 is 0 Å². The van der Waals surface area contributed by atoms with Crippen molar-refractivity contribution in [3.05, 3.63) is 71.0 Å². The van der Waals surface area contributed by atoms with Crippen LogP contribution in [0.4, 0.5) is 5.69 Å². The Morgan fingerprint density at radius 1 is 0.957 bits per heavy atom. The van der Waals surface area contributed by atoms with E-state index in [1.54, 1.807) is 18.2 Å². The van der Waals surface area contributed by atoms with Crippen LogP contribution in [0.2, 0.25) is 5.02 Å². The second-order valence-electron chi connectivity index (χ2n) is 5.45. The molecule has 0 saturated carbocycles. The molecular formula is C19H13ClN2O. The van der Waals surface area contributed by atoms with Gasteiger partial charge in [0.2, 0.25) is 0 Å². The Balaban J connectivity index is 2.20. The molecule has 0 radical (unpaired) electrons. The number of hydrogen-bond acceptors (Lipinski definition) is 3. The Morgan fingerprint density at radius 2 is 1.83 bits per heavy atom. The SMILES string of the molecule is N=c1ccc2c(-c3cccc(Cl)c3)c3ccc(N)cc3oc-2c1. The fraction of sp³-hybridized carbons (Fsp3) is 0. The zero-order valence-electron chi connectivity index (χ0n) is 12.1. The third-order valence-corrected chi connectivity index (χ3v) is 4.09. The number of nitrogen functional groups attached to an aromatic ring is 1. The van der Waals surface area contributed by atoms with Gasteiger partial charge < -0.3 is 15.6 Å². The fourth-order valence-corrected chi connectivity index (χ4v) is 3.05. The van der Waals surface area contributed by atoms with Crippen LogP contribution in [-0.4, -0.2) is 0 Å². The van der Waals surface area contributed by atoms with Gasteiger partial charge in [-0.15, -0.1) is 0 Å². The number of rotatable bonds is 1. The first kappa shape index (κ1) is 13.9. The van der Waals surface area contributed by atoms with Crippen LogP contribution in [0, 0.1) is 5.41 Å². The highest BCUT2D eigenvalue weighted by molar-refractivity contribution is 6.31. The lowest BCUT2D eigenvalue weighted by atomic mass is 9.93. The van der Waals surface area contributed by atoms with E-state index in [-0.39, 0.29) is 0 Å². The number of halogens is 1. The summed E-state index contributed by atoms with van der Waals surface area (Å²) >= 11 is 6.17. The van der Waals surface area contributed by atoms with Gasteiger partial charge in [0.25, 0.3) is 0 Å². The van der Waals surface area contributed by atoms with Gasteiger partial charge in [0.05, 0.1) is 5.36 Å². The Labute approximate surface area is 137 Å². The minimum Gasteiger partial charge on any atom is -0.456 e. The molecule has 23 heavy (non-hydrogen) atoms. The van der Waals surface area contributed by atoms with Crippen LogP contribution in [0.3, 0.4) is 0 Å². The van der Waals surface area contributed by atoms with Crippen LogP contribution < -0.4 is 11.1 Å². The number of hydrogen-bond donors (Lipinski definition) is 2. The predicted molar refractivity (Wildman–Crippen MR) is 93.5 cm³/mol. The van der Waals surface area contributed by atoms with E-state index in [1.807, 2.05) is 42.5 Å². The van der Waals surface area contributed by atoms with Crippen molar-refractivity contribution in [2.45, 2.75) is 0 Å². The van der Waals surface area contributed by atoms with E-state index < -0.39 is 0 Å². The highest BCUT2D eigenvalue weighted by Crippen LogP contribution is 2.40. The maximum absolute atomic E-state index is 7.83. The summed E-state index contributed by atoms with van der Waals surface area (Å²) in [5.41, 5.74) is 10.2. The molecule has 0 aromatic heterocycles. The molecule has 1 aliphatic carbocycles. The summed E-state index contributed by atoms with van der Waals surface area (Å²) in [6, 6.07) is 18.7. The summed E-state index contributed by atoms with van der Waals surface area (Å²) in [5.74, 6) is 0.658. The third kappa shape index (κ3) is 2.35. The maximum Gasteiger partial charge on any atom is 0.137 e. The molecule has 0 amide bonds. The highest BCUT2D eigenvalue weighted by Gasteiger charge is 2.17. The van der Waals surface area contributed by atoms with Crippen LogP contribution in [0.5, 0.6) is 0 Å². The van der Waals surface area contributed by atoms with Crippen LogP contribution in [-0.2, 0) is 0 Å². The van der Waals surface area contributed by atoms with Crippen molar-refractivity contribution in [3.8, 4) is 22.5 Å². The van der Waals surface area contributed by atoms with E-state index in [0.29, 0.717) is 27.4 Å². The van der Waals surface area contributed by atoms with E-state index >= 15 is 0 Å². The Hall–Kier alpha value is -2.78. The Morgan fingerprint density at radius 3 is 2.65 bits per heavy atom. The molecule has 3 N–H and O–H groups in total. The fourth-order valence-electron chi connectivity index (χ4n) is 2.86. The molecule has 112 valence electrons. The smallest absolute Gasteiger partial charge is 0.137 e. The number of anilines is 1. The quantitative estimate of drug-likeness (QED) is 0.386. The molecule has 2 aromatic rings. The number of nitrogens with one attached hydrogen (secondary N) is 1. The van der Waals surface area contributed by atoms with Gasteiger partial charge in [-0.3, -0.25) is 0 Å². The molecule has 4 heteroatoms. The molecule has 1 heterocycles. The summed E-state index contributed by atoms with van der Waals surface area (Å²) in [6.45, 7) is 0. The first-order chi connectivity index (χ1) is 11.1. The largest absolute Gasteiger partial charge is 0.456 e. The highest BCUT2D eigenvalue weighted by atomic mass is 35.5. The molecule has 0 fully saturated rings. The Bertz CT molecular complexity index is 1070. The summed E-state index contributed by atoms with van der Waals surface area (Å²) in [6.07, 6.45) is 0.